The van der Waals surface area contributed by atoms with Gasteiger partial charge in [-0.05, 0) is 48.7 Å². The van der Waals surface area contributed by atoms with Gasteiger partial charge in [-0.15, -0.1) is 0 Å². The van der Waals surface area contributed by atoms with Gasteiger partial charge in [-0.3, -0.25) is 4.79 Å². The van der Waals surface area contributed by atoms with Gasteiger partial charge >= 0.3 is 0 Å². The Morgan fingerprint density at radius 2 is 1.95 bits per heavy atom. The summed E-state index contributed by atoms with van der Waals surface area (Å²) in [6, 6.07) is 14.0. The van der Waals surface area contributed by atoms with Crippen LogP contribution < -0.4 is 10.1 Å². The molecule has 4 heteroatoms. The average Bonchev–Trinajstić information content (AvgIpc) is 2.49. The summed E-state index contributed by atoms with van der Waals surface area (Å²) in [5, 5.41) is 2.83. The van der Waals surface area contributed by atoms with E-state index in [9.17, 15) is 9.18 Å². The molecule has 2 aromatic carbocycles. The minimum absolute atomic E-state index is 0.0465. The van der Waals surface area contributed by atoms with Gasteiger partial charge in [0.2, 0.25) is 5.91 Å². The van der Waals surface area contributed by atoms with Gasteiger partial charge in [0.25, 0.3) is 0 Å². The molecule has 116 valence electrons. The first-order valence-electron chi connectivity index (χ1n) is 7.34. The fourth-order valence-corrected chi connectivity index (χ4v) is 2.05. The average molecular weight is 301 g/mol. The lowest BCUT2D eigenvalue weighted by molar-refractivity contribution is -0.121. The van der Waals surface area contributed by atoms with Crippen LogP contribution in [0.5, 0.6) is 5.75 Å². The summed E-state index contributed by atoms with van der Waals surface area (Å²) < 4.78 is 18.3. The van der Waals surface area contributed by atoms with Gasteiger partial charge in [0, 0.05) is 6.54 Å². The molecule has 0 aliphatic carbocycles. The molecule has 2 rings (SSSR count). The van der Waals surface area contributed by atoms with Crippen LogP contribution in [0, 0.1) is 12.7 Å². The normalized spacial score (nSPS) is 10.3. The summed E-state index contributed by atoms with van der Waals surface area (Å²) in [4.78, 5) is 11.7. The first kappa shape index (κ1) is 16.0. The van der Waals surface area contributed by atoms with Gasteiger partial charge in [0.15, 0.2) is 0 Å². The van der Waals surface area contributed by atoms with E-state index in [0.717, 1.165) is 16.9 Å². The second kappa shape index (κ2) is 8.17. The Labute approximate surface area is 130 Å². The molecule has 0 saturated carbocycles. The number of carbonyl (C=O) groups excluding carboxylic acids is 1. The first-order chi connectivity index (χ1) is 10.6. The summed E-state index contributed by atoms with van der Waals surface area (Å²) >= 11 is 0. The zero-order valence-corrected chi connectivity index (χ0v) is 12.6. The Morgan fingerprint density at radius 1 is 1.18 bits per heavy atom. The number of hydrogen-bond donors (Lipinski definition) is 1. The molecule has 0 aliphatic rings. The first-order valence-corrected chi connectivity index (χ1v) is 7.34. The van der Waals surface area contributed by atoms with E-state index in [1.165, 1.54) is 12.1 Å². The number of halogens is 1. The van der Waals surface area contributed by atoms with Crippen molar-refractivity contribution in [3.63, 3.8) is 0 Å². The fraction of sp³-hybridized carbons (Fsp3) is 0.278. The van der Waals surface area contributed by atoms with Crippen LogP contribution in [-0.4, -0.2) is 19.1 Å². The number of nitrogens with one attached hydrogen (secondary N) is 1. The van der Waals surface area contributed by atoms with Gasteiger partial charge in [0.1, 0.15) is 11.6 Å². The van der Waals surface area contributed by atoms with Crippen molar-refractivity contribution in [3.8, 4) is 5.75 Å². The van der Waals surface area contributed by atoms with E-state index in [1.54, 1.807) is 12.1 Å². The van der Waals surface area contributed by atoms with Crippen LogP contribution in [0.25, 0.3) is 0 Å². The number of amides is 1. The highest BCUT2D eigenvalue weighted by molar-refractivity contribution is 5.75. The quantitative estimate of drug-likeness (QED) is 0.852. The molecule has 0 spiro atoms. The molecular weight excluding hydrogens is 281 g/mol. The van der Waals surface area contributed by atoms with E-state index in [1.807, 2.05) is 31.2 Å². The van der Waals surface area contributed by atoms with E-state index < -0.39 is 0 Å². The molecule has 0 radical (unpaired) electrons. The van der Waals surface area contributed by atoms with Crippen molar-refractivity contribution in [1.29, 1.82) is 0 Å². The minimum Gasteiger partial charge on any atom is -0.493 e. The highest BCUT2D eigenvalue weighted by Crippen LogP contribution is 2.12. The van der Waals surface area contributed by atoms with Crippen molar-refractivity contribution < 1.29 is 13.9 Å². The summed E-state index contributed by atoms with van der Waals surface area (Å²) in [6.45, 7) is 2.88. The lowest BCUT2D eigenvalue weighted by atomic mass is 10.1. The van der Waals surface area contributed by atoms with Gasteiger partial charge in [-0.25, -0.2) is 4.39 Å². The zero-order chi connectivity index (χ0) is 15.8. The molecule has 0 unspecified atom stereocenters. The minimum atomic E-state index is -0.249. The molecule has 0 heterocycles. The highest BCUT2D eigenvalue weighted by Gasteiger charge is 2.02. The van der Waals surface area contributed by atoms with Crippen LogP contribution in [-0.2, 0) is 11.2 Å². The lowest BCUT2D eigenvalue weighted by Crippen LogP contribution is -2.27. The van der Waals surface area contributed by atoms with Crippen LogP contribution in [0.2, 0.25) is 0 Å². The summed E-state index contributed by atoms with van der Waals surface area (Å²) in [5.41, 5.74) is 2.12. The van der Waals surface area contributed by atoms with Crippen molar-refractivity contribution in [3.05, 3.63) is 65.5 Å². The number of carbonyl (C=O) groups is 1. The second-order valence-electron chi connectivity index (χ2n) is 5.14. The maximum atomic E-state index is 12.8. The van der Waals surface area contributed by atoms with Crippen molar-refractivity contribution in [2.24, 2.45) is 0 Å². The molecule has 0 aromatic heterocycles. The Morgan fingerprint density at radius 3 is 2.68 bits per heavy atom. The second-order valence-corrected chi connectivity index (χ2v) is 5.14. The Kier molecular flexibility index (Phi) is 5.95. The van der Waals surface area contributed by atoms with Crippen molar-refractivity contribution in [2.45, 2.75) is 19.8 Å². The molecule has 0 bridgehead atoms. The Hall–Kier alpha value is -2.36. The Bertz CT molecular complexity index is 611. The van der Waals surface area contributed by atoms with Gasteiger partial charge in [0.05, 0.1) is 13.0 Å². The third kappa shape index (κ3) is 5.56. The van der Waals surface area contributed by atoms with Gasteiger partial charge < -0.3 is 10.1 Å². The molecule has 1 amide bonds. The molecule has 1 N–H and O–H groups in total. The van der Waals surface area contributed by atoms with Gasteiger partial charge in [-0.2, -0.15) is 0 Å². The lowest BCUT2D eigenvalue weighted by Gasteiger charge is -2.08. The molecule has 2 aromatic rings. The number of hydrogen-bond acceptors (Lipinski definition) is 2. The SMILES string of the molecule is Cc1cccc(OCCC(=O)NCCc2ccc(F)cc2)c1. The molecule has 0 atom stereocenters. The largest absolute Gasteiger partial charge is 0.493 e. The maximum absolute atomic E-state index is 12.8. The smallest absolute Gasteiger partial charge is 0.223 e. The van der Waals surface area contributed by atoms with Crippen LogP contribution in [0.3, 0.4) is 0 Å². The summed E-state index contributed by atoms with van der Waals surface area (Å²) in [6.07, 6.45) is 1.00. The Balaban J connectivity index is 1.62. The number of aryl methyl sites for hydroxylation is 1. The van der Waals surface area contributed by atoms with Crippen molar-refractivity contribution >= 4 is 5.91 Å². The molecule has 0 fully saturated rings. The number of benzene rings is 2. The van der Waals surface area contributed by atoms with Crippen LogP contribution >= 0.6 is 0 Å². The molecule has 0 saturated heterocycles. The molecular formula is C18H20FNO2. The monoisotopic (exact) mass is 301 g/mol. The number of rotatable bonds is 7. The van der Waals surface area contributed by atoms with Crippen molar-refractivity contribution in [2.75, 3.05) is 13.2 Å². The fourth-order valence-electron chi connectivity index (χ4n) is 2.05. The molecule has 3 nitrogen and oxygen atoms in total. The summed E-state index contributed by atoms with van der Waals surface area (Å²) in [5.74, 6) is 0.481. The van der Waals surface area contributed by atoms with Gasteiger partial charge in [-0.1, -0.05) is 24.3 Å². The van der Waals surface area contributed by atoms with E-state index >= 15 is 0 Å². The van der Waals surface area contributed by atoms with Crippen LogP contribution in [0.1, 0.15) is 17.5 Å². The molecule has 22 heavy (non-hydrogen) atoms. The summed E-state index contributed by atoms with van der Waals surface area (Å²) in [7, 11) is 0. The zero-order valence-electron chi connectivity index (χ0n) is 12.6. The standard InChI is InChI=1S/C18H20FNO2/c1-14-3-2-4-17(13-14)22-12-10-18(21)20-11-9-15-5-7-16(19)8-6-15/h2-8,13H,9-12H2,1H3,(H,20,21). The van der Waals surface area contributed by atoms with E-state index in [2.05, 4.69) is 5.32 Å². The van der Waals surface area contributed by atoms with Crippen LogP contribution in [0.4, 0.5) is 4.39 Å². The van der Waals surface area contributed by atoms with Crippen molar-refractivity contribution in [1.82, 2.24) is 5.32 Å². The highest BCUT2D eigenvalue weighted by atomic mass is 19.1. The maximum Gasteiger partial charge on any atom is 0.223 e. The van der Waals surface area contributed by atoms with E-state index in [0.29, 0.717) is 26.0 Å². The number of ether oxygens (including phenoxy) is 1. The van der Waals surface area contributed by atoms with E-state index in [4.69, 9.17) is 4.74 Å². The molecule has 0 aliphatic heterocycles. The van der Waals surface area contributed by atoms with E-state index in [-0.39, 0.29) is 11.7 Å². The predicted octanol–water partition coefficient (Wildman–Crippen LogP) is 3.26. The third-order valence-electron chi connectivity index (χ3n) is 3.24. The predicted molar refractivity (Wildman–Crippen MR) is 84.4 cm³/mol. The topological polar surface area (TPSA) is 38.3 Å². The van der Waals surface area contributed by atoms with Crippen LogP contribution in [0.15, 0.2) is 48.5 Å². The third-order valence-corrected chi connectivity index (χ3v) is 3.24.